The van der Waals surface area contributed by atoms with E-state index in [1.54, 1.807) is 11.8 Å². The van der Waals surface area contributed by atoms with Gasteiger partial charge < -0.3 is 19.7 Å². The van der Waals surface area contributed by atoms with Crippen molar-refractivity contribution in [2.24, 2.45) is 5.92 Å². The summed E-state index contributed by atoms with van der Waals surface area (Å²) in [5, 5.41) is 3.30. The summed E-state index contributed by atoms with van der Waals surface area (Å²) in [6.07, 6.45) is 1.56. The van der Waals surface area contributed by atoms with E-state index in [-0.39, 0.29) is 12.6 Å². The molecule has 1 atom stereocenters. The normalized spacial score (nSPS) is 23.4. The first kappa shape index (κ1) is 21.0. The van der Waals surface area contributed by atoms with Crippen molar-refractivity contribution in [2.75, 3.05) is 50.9 Å². The van der Waals surface area contributed by atoms with Crippen molar-refractivity contribution in [3.63, 3.8) is 0 Å². The summed E-state index contributed by atoms with van der Waals surface area (Å²) in [6, 6.07) is 5.66. The Kier molecular flexibility index (Phi) is 6.46. The molecule has 162 valence electrons. The van der Waals surface area contributed by atoms with Gasteiger partial charge in [-0.1, -0.05) is 6.07 Å². The van der Waals surface area contributed by atoms with Crippen LogP contribution in [0, 0.1) is 5.92 Å². The highest BCUT2D eigenvalue weighted by molar-refractivity contribution is 6.30. The maximum absolute atomic E-state index is 13.3. The third-order valence-corrected chi connectivity index (χ3v) is 6.04. The number of Topliss-reactive ketones (excluding diaryl/α,β-unsaturated/α-hetero) is 1. The lowest BCUT2D eigenvalue weighted by Gasteiger charge is -2.40. The van der Waals surface area contributed by atoms with Crippen LogP contribution in [0.1, 0.15) is 35.7 Å². The largest absolute Gasteiger partial charge is 0.465 e. The number of ether oxygens (including phenoxy) is 2. The molecule has 2 saturated heterocycles. The van der Waals surface area contributed by atoms with Crippen molar-refractivity contribution in [3.8, 4) is 0 Å². The van der Waals surface area contributed by atoms with Gasteiger partial charge in [-0.3, -0.25) is 19.3 Å². The van der Waals surface area contributed by atoms with Gasteiger partial charge in [-0.15, -0.1) is 0 Å². The van der Waals surface area contributed by atoms with Gasteiger partial charge in [0.2, 0.25) is 5.91 Å². The van der Waals surface area contributed by atoms with E-state index in [4.69, 9.17) is 9.47 Å². The number of benzene rings is 1. The van der Waals surface area contributed by atoms with Crippen molar-refractivity contribution >= 4 is 23.3 Å². The Balaban J connectivity index is 1.68. The molecule has 3 aliphatic heterocycles. The smallest absolute Gasteiger partial charge is 0.326 e. The van der Waals surface area contributed by atoms with E-state index < -0.39 is 23.6 Å². The number of fused-ring (bicyclic) bond motifs is 1. The summed E-state index contributed by atoms with van der Waals surface area (Å²) in [6.45, 7) is 7.21. The predicted octanol–water partition coefficient (Wildman–Crippen LogP) is 0.979. The van der Waals surface area contributed by atoms with E-state index in [0.29, 0.717) is 31.0 Å². The van der Waals surface area contributed by atoms with Crippen LogP contribution in [0.15, 0.2) is 18.2 Å². The fourth-order valence-corrected chi connectivity index (χ4v) is 4.51. The summed E-state index contributed by atoms with van der Waals surface area (Å²) in [5.74, 6) is -3.08. The average molecular weight is 415 g/mol. The Labute approximate surface area is 176 Å². The Bertz CT molecular complexity index is 815. The summed E-state index contributed by atoms with van der Waals surface area (Å²) in [7, 11) is 0. The molecule has 1 aromatic rings. The topological polar surface area (TPSA) is 88.2 Å². The van der Waals surface area contributed by atoms with E-state index in [1.807, 2.05) is 18.2 Å². The molecule has 30 heavy (non-hydrogen) atoms. The zero-order valence-electron chi connectivity index (χ0n) is 17.4. The molecule has 1 N–H and O–H groups in total. The molecular formula is C22H29N3O5. The molecule has 0 radical (unpaired) electrons. The molecule has 1 unspecified atom stereocenters. The fraction of sp³-hybridized carbons (Fsp3) is 0.591. The van der Waals surface area contributed by atoms with Gasteiger partial charge in [-0.2, -0.15) is 0 Å². The van der Waals surface area contributed by atoms with Gasteiger partial charge in [0.15, 0.2) is 11.7 Å². The molecule has 8 nitrogen and oxygen atoms in total. The van der Waals surface area contributed by atoms with Crippen LogP contribution >= 0.6 is 0 Å². The number of amides is 1. The minimum Gasteiger partial charge on any atom is -0.465 e. The molecule has 1 amide bonds. The monoisotopic (exact) mass is 415 g/mol. The van der Waals surface area contributed by atoms with E-state index in [2.05, 4.69) is 10.2 Å². The maximum Gasteiger partial charge on any atom is 0.326 e. The zero-order chi connectivity index (χ0) is 21.1. The highest BCUT2D eigenvalue weighted by atomic mass is 16.5. The molecule has 0 spiro atoms. The zero-order valence-corrected chi connectivity index (χ0v) is 17.4. The summed E-state index contributed by atoms with van der Waals surface area (Å²) in [4.78, 5) is 43.0. The highest BCUT2D eigenvalue weighted by Crippen LogP contribution is 2.35. The number of hydrogen-bond acceptors (Lipinski definition) is 7. The number of hydrogen-bond donors (Lipinski definition) is 1. The van der Waals surface area contributed by atoms with Crippen LogP contribution < -0.4 is 10.2 Å². The van der Waals surface area contributed by atoms with Crippen molar-refractivity contribution in [1.82, 2.24) is 10.2 Å². The second kappa shape index (κ2) is 9.24. The van der Waals surface area contributed by atoms with Crippen molar-refractivity contribution in [3.05, 3.63) is 29.3 Å². The Morgan fingerprint density at radius 2 is 1.93 bits per heavy atom. The lowest BCUT2D eigenvalue weighted by Crippen LogP contribution is -2.54. The Morgan fingerprint density at radius 3 is 2.63 bits per heavy atom. The molecule has 0 aromatic heterocycles. The maximum atomic E-state index is 13.3. The third-order valence-electron chi connectivity index (χ3n) is 6.04. The quantitative estimate of drug-likeness (QED) is 0.567. The number of carbonyl (C=O) groups is 3. The molecule has 1 aromatic carbocycles. The van der Waals surface area contributed by atoms with Crippen LogP contribution in [0.25, 0.3) is 0 Å². The third kappa shape index (κ3) is 4.12. The van der Waals surface area contributed by atoms with E-state index in [0.717, 1.165) is 44.6 Å². The van der Waals surface area contributed by atoms with Gasteiger partial charge >= 0.3 is 5.97 Å². The lowest BCUT2D eigenvalue weighted by atomic mass is 9.87. The number of piperidine rings is 1. The standard InChI is InChI=1S/C22H29N3O5/c1-2-30-22(28)19-20(26)17-13-15(14-24-9-11-29-12-10-24)3-4-18(17)25(21(19)27)16-5-7-23-8-6-16/h3-4,13,16,19,23H,2,5-12,14H2,1H3. The van der Waals surface area contributed by atoms with E-state index in [9.17, 15) is 14.4 Å². The summed E-state index contributed by atoms with van der Waals surface area (Å²) >= 11 is 0. The minimum absolute atomic E-state index is 0.0346. The number of rotatable bonds is 5. The molecule has 0 aliphatic carbocycles. The molecule has 4 rings (SSSR count). The molecule has 2 fully saturated rings. The first-order valence-corrected chi connectivity index (χ1v) is 10.8. The minimum atomic E-state index is -1.41. The predicted molar refractivity (Wildman–Crippen MR) is 110 cm³/mol. The van der Waals surface area contributed by atoms with Gasteiger partial charge in [0.05, 0.1) is 25.5 Å². The Hall–Kier alpha value is -2.29. The van der Waals surface area contributed by atoms with Crippen molar-refractivity contribution in [1.29, 1.82) is 0 Å². The molecule has 0 saturated carbocycles. The van der Waals surface area contributed by atoms with Gasteiger partial charge in [0.1, 0.15) is 0 Å². The van der Waals surface area contributed by atoms with Gasteiger partial charge in [-0.25, -0.2) is 0 Å². The molecule has 3 aliphatic rings. The number of anilines is 1. The van der Waals surface area contributed by atoms with Gasteiger partial charge in [0, 0.05) is 31.2 Å². The first-order chi connectivity index (χ1) is 14.6. The van der Waals surface area contributed by atoms with Crippen LogP contribution in [0.3, 0.4) is 0 Å². The first-order valence-electron chi connectivity index (χ1n) is 10.8. The molecule has 0 bridgehead atoms. The second-order valence-electron chi connectivity index (χ2n) is 7.98. The van der Waals surface area contributed by atoms with E-state index in [1.165, 1.54) is 0 Å². The van der Waals surface area contributed by atoms with Gasteiger partial charge in [0.25, 0.3) is 0 Å². The number of carbonyl (C=O) groups excluding carboxylic acids is 3. The number of morpholine rings is 1. The number of nitrogens with one attached hydrogen (secondary N) is 1. The fourth-order valence-electron chi connectivity index (χ4n) is 4.51. The van der Waals surface area contributed by atoms with Crippen LogP contribution in [0.2, 0.25) is 0 Å². The summed E-state index contributed by atoms with van der Waals surface area (Å²) in [5.41, 5.74) is 2.05. The lowest BCUT2D eigenvalue weighted by molar-refractivity contribution is -0.149. The van der Waals surface area contributed by atoms with Crippen LogP contribution in [-0.4, -0.2) is 74.6 Å². The number of esters is 1. The Morgan fingerprint density at radius 1 is 1.20 bits per heavy atom. The summed E-state index contributed by atoms with van der Waals surface area (Å²) < 4.78 is 10.5. The molecule has 3 heterocycles. The van der Waals surface area contributed by atoms with Crippen LogP contribution in [0.5, 0.6) is 0 Å². The van der Waals surface area contributed by atoms with Crippen molar-refractivity contribution < 1.29 is 23.9 Å². The van der Waals surface area contributed by atoms with Gasteiger partial charge in [-0.05, 0) is 50.6 Å². The van der Waals surface area contributed by atoms with Crippen LogP contribution in [0.4, 0.5) is 5.69 Å². The van der Waals surface area contributed by atoms with E-state index >= 15 is 0 Å². The number of ketones is 1. The highest BCUT2D eigenvalue weighted by Gasteiger charge is 2.47. The average Bonchev–Trinajstić information content (AvgIpc) is 2.76. The molecule has 8 heteroatoms. The van der Waals surface area contributed by atoms with Crippen LogP contribution in [-0.2, 0) is 25.6 Å². The number of nitrogens with zero attached hydrogens (tertiary/aromatic N) is 2. The SMILES string of the molecule is CCOC(=O)C1C(=O)c2cc(CN3CCOCC3)ccc2N(C2CCNCC2)C1=O. The molecular weight excluding hydrogens is 386 g/mol. The van der Waals surface area contributed by atoms with Crippen molar-refractivity contribution in [2.45, 2.75) is 32.4 Å². The second-order valence-corrected chi connectivity index (χ2v) is 7.98.